The molecular formula is C17H22N4O3. The maximum atomic E-state index is 12.5. The second-order valence-electron chi connectivity index (χ2n) is 5.80. The van der Waals surface area contributed by atoms with E-state index in [2.05, 4.69) is 10.5 Å². The SMILES string of the molecule is Cc1cc(CN(C)C(=O)C[C@@H](NC(N)=O)c2ccccc2C)no1. The molecule has 24 heavy (non-hydrogen) atoms. The number of carbonyl (C=O) groups is 2. The van der Waals surface area contributed by atoms with E-state index in [1.165, 1.54) is 0 Å². The smallest absolute Gasteiger partial charge is 0.312 e. The van der Waals surface area contributed by atoms with Gasteiger partial charge in [-0.3, -0.25) is 4.79 Å². The van der Waals surface area contributed by atoms with Gasteiger partial charge in [0.15, 0.2) is 0 Å². The van der Waals surface area contributed by atoms with Crippen LogP contribution in [0.2, 0.25) is 0 Å². The molecule has 3 N–H and O–H groups in total. The van der Waals surface area contributed by atoms with E-state index in [1.54, 1.807) is 24.9 Å². The molecule has 0 fully saturated rings. The first-order valence-corrected chi connectivity index (χ1v) is 7.64. The zero-order valence-corrected chi connectivity index (χ0v) is 14.1. The summed E-state index contributed by atoms with van der Waals surface area (Å²) in [6, 6.07) is 8.22. The fraction of sp³-hybridized carbons (Fsp3) is 0.353. The fourth-order valence-corrected chi connectivity index (χ4v) is 2.54. The van der Waals surface area contributed by atoms with Crippen molar-refractivity contribution in [1.29, 1.82) is 0 Å². The Bertz CT molecular complexity index is 726. The van der Waals surface area contributed by atoms with Crippen LogP contribution in [0, 0.1) is 13.8 Å². The Morgan fingerprint density at radius 2 is 2.04 bits per heavy atom. The molecule has 1 aromatic heterocycles. The average molecular weight is 330 g/mol. The molecule has 7 nitrogen and oxygen atoms in total. The third kappa shape index (κ3) is 4.58. The highest BCUT2D eigenvalue weighted by molar-refractivity contribution is 5.78. The maximum absolute atomic E-state index is 12.5. The number of primary amides is 1. The summed E-state index contributed by atoms with van der Waals surface area (Å²) in [5.41, 5.74) is 7.80. The molecule has 0 saturated heterocycles. The number of urea groups is 1. The van der Waals surface area contributed by atoms with Crippen LogP contribution in [0.25, 0.3) is 0 Å². The van der Waals surface area contributed by atoms with Gasteiger partial charge in [-0.25, -0.2) is 4.79 Å². The standard InChI is InChI=1S/C17H22N4O3/c1-11-6-4-5-7-14(11)15(19-17(18)23)9-16(22)21(3)10-13-8-12(2)24-20-13/h4-8,15H,9-10H2,1-3H3,(H3,18,19,23)/t15-/m1/s1. The Morgan fingerprint density at radius 3 is 2.62 bits per heavy atom. The Labute approximate surface area is 140 Å². The van der Waals surface area contributed by atoms with E-state index in [9.17, 15) is 9.59 Å². The Kier molecular flexibility index (Phi) is 5.57. The van der Waals surface area contributed by atoms with Gasteiger partial charge in [0.25, 0.3) is 0 Å². The lowest BCUT2D eigenvalue weighted by atomic mass is 9.98. The number of rotatable bonds is 6. The van der Waals surface area contributed by atoms with Crippen LogP contribution in [-0.2, 0) is 11.3 Å². The lowest BCUT2D eigenvalue weighted by molar-refractivity contribution is -0.131. The summed E-state index contributed by atoms with van der Waals surface area (Å²) in [6.45, 7) is 4.06. The van der Waals surface area contributed by atoms with E-state index >= 15 is 0 Å². The van der Waals surface area contributed by atoms with Crippen molar-refractivity contribution in [2.45, 2.75) is 32.9 Å². The van der Waals surface area contributed by atoms with E-state index in [-0.39, 0.29) is 12.3 Å². The van der Waals surface area contributed by atoms with Gasteiger partial charge in [0.1, 0.15) is 11.5 Å². The van der Waals surface area contributed by atoms with Crippen LogP contribution in [0.1, 0.15) is 35.0 Å². The number of carbonyl (C=O) groups excluding carboxylic acids is 2. The minimum absolute atomic E-state index is 0.112. The minimum atomic E-state index is -0.661. The molecule has 0 aliphatic heterocycles. The third-order valence-corrected chi connectivity index (χ3v) is 3.76. The van der Waals surface area contributed by atoms with E-state index in [0.717, 1.165) is 11.1 Å². The highest BCUT2D eigenvalue weighted by Gasteiger charge is 2.21. The number of nitrogens with zero attached hydrogens (tertiary/aromatic N) is 2. The van der Waals surface area contributed by atoms with Gasteiger partial charge in [-0.15, -0.1) is 0 Å². The highest BCUT2D eigenvalue weighted by atomic mass is 16.5. The number of aromatic nitrogens is 1. The molecule has 2 aromatic rings. The van der Waals surface area contributed by atoms with Gasteiger partial charge in [0.05, 0.1) is 19.0 Å². The molecule has 7 heteroatoms. The lowest BCUT2D eigenvalue weighted by Crippen LogP contribution is -2.37. The fourth-order valence-electron chi connectivity index (χ4n) is 2.54. The summed E-state index contributed by atoms with van der Waals surface area (Å²) < 4.78 is 5.00. The summed E-state index contributed by atoms with van der Waals surface area (Å²) in [6.07, 6.45) is 0.112. The first kappa shape index (κ1) is 17.5. The number of hydrogen-bond acceptors (Lipinski definition) is 4. The van der Waals surface area contributed by atoms with E-state index in [1.807, 2.05) is 31.2 Å². The van der Waals surface area contributed by atoms with Crippen LogP contribution < -0.4 is 11.1 Å². The van der Waals surface area contributed by atoms with Crippen molar-refractivity contribution in [3.8, 4) is 0 Å². The van der Waals surface area contributed by atoms with Crippen LogP contribution >= 0.6 is 0 Å². The quantitative estimate of drug-likeness (QED) is 0.846. The van der Waals surface area contributed by atoms with E-state index in [0.29, 0.717) is 18.0 Å². The summed E-state index contributed by atoms with van der Waals surface area (Å²) in [7, 11) is 1.69. The molecule has 0 saturated carbocycles. The van der Waals surface area contributed by atoms with Crippen LogP contribution in [-0.4, -0.2) is 29.0 Å². The van der Waals surface area contributed by atoms with Crippen molar-refractivity contribution in [1.82, 2.24) is 15.4 Å². The van der Waals surface area contributed by atoms with E-state index < -0.39 is 12.1 Å². The molecule has 0 radical (unpaired) electrons. The Hall–Kier alpha value is -2.83. The van der Waals surface area contributed by atoms with Crippen molar-refractivity contribution in [2.75, 3.05) is 7.05 Å². The van der Waals surface area contributed by atoms with Gasteiger partial charge in [0.2, 0.25) is 5.91 Å². The molecule has 0 bridgehead atoms. The van der Waals surface area contributed by atoms with E-state index in [4.69, 9.17) is 10.3 Å². The third-order valence-electron chi connectivity index (χ3n) is 3.76. The summed E-state index contributed by atoms with van der Waals surface area (Å²) in [5.74, 6) is 0.566. The largest absolute Gasteiger partial charge is 0.361 e. The van der Waals surface area contributed by atoms with Gasteiger partial charge >= 0.3 is 6.03 Å². The molecule has 1 atom stereocenters. The molecule has 1 heterocycles. The second-order valence-corrected chi connectivity index (χ2v) is 5.80. The second kappa shape index (κ2) is 7.63. The van der Waals surface area contributed by atoms with Gasteiger partial charge in [-0.2, -0.15) is 0 Å². The Balaban J connectivity index is 2.09. The normalized spacial score (nSPS) is 11.8. The predicted molar refractivity (Wildman–Crippen MR) is 89.0 cm³/mol. The minimum Gasteiger partial charge on any atom is -0.361 e. The monoisotopic (exact) mass is 330 g/mol. The average Bonchev–Trinajstić information content (AvgIpc) is 2.91. The van der Waals surface area contributed by atoms with Gasteiger partial charge in [-0.1, -0.05) is 29.4 Å². The van der Waals surface area contributed by atoms with Gasteiger partial charge < -0.3 is 20.5 Å². The number of amides is 3. The topological polar surface area (TPSA) is 101 Å². The molecule has 0 unspecified atom stereocenters. The zero-order valence-electron chi connectivity index (χ0n) is 14.1. The van der Waals surface area contributed by atoms with Crippen LogP contribution in [0.3, 0.4) is 0 Å². The van der Waals surface area contributed by atoms with Gasteiger partial charge in [0, 0.05) is 13.1 Å². The molecule has 1 aromatic carbocycles. The summed E-state index contributed by atoms with van der Waals surface area (Å²) in [5, 5.41) is 6.53. The van der Waals surface area contributed by atoms with Crippen molar-refractivity contribution >= 4 is 11.9 Å². The predicted octanol–water partition coefficient (Wildman–Crippen LogP) is 2.05. The van der Waals surface area contributed by atoms with Crippen molar-refractivity contribution < 1.29 is 14.1 Å². The molecule has 0 spiro atoms. The zero-order chi connectivity index (χ0) is 17.7. The van der Waals surface area contributed by atoms with Crippen LogP contribution in [0.4, 0.5) is 4.79 Å². The highest BCUT2D eigenvalue weighted by Crippen LogP contribution is 2.21. The summed E-state index contributed by atoms with van der Waals surface area (Å²) >= 11 is 0. The number of nitrogens with two attached hydrogens (primary N) is 1. The molecule has 3 amide bonds. The molecular weight excluding hydrogens is 308 g/mol. The summed E-state index contributed by atoms with van der Waals surface area (Å²) in [4.78, 5) is 25.4. The molecule has 2 rings (SSSR count). The Morgan fingerprint density at radius 1 is 1.33 bits per heavy atom. The van der Waals surface area contributed by atoms with Crippen LogP contribution in [0.5, 0.6) is 0 Å². The lowest BCUT2D eigenvalue weighted by Gasteiger charge is -2.23. The molecule has 0 aliphatic rings. The first-order chi connectivity index (χ1) is 11.4. The molecule has 0 aliphatic carbocycles. The van der Waals surface area contributed by atoms with Crippen molar-refractivity contribution in [3.63, 3.8) is 0 Å². The maximum Gasteiger partial charge on any atom is 0.312 e. The number of benzene rings is 1. The number of nitrogens with one attached hydrogen (secondary N) is 1. The van der Waals surface area contributed by atoms with Crippen LogP contribution in [0.15, 0.2) is 34.9 Å². The van der Waals surface area contributed by atoms with Crippen molar-refractivity contribution in [3.05, 3.63) is 52.9 Å². The first-order valence-electron chi connectivity index (χ1n) is 7.64. The molecule has 128 valence electrons. The van der Waals surface area contributed by atoms with Crippen molar-refractivity contribution in [2.24, 2.45) is 5.73 Å². The number of hydrogen-bond donors (Lipinski definition) is 2. The van der Waals surface area contributed by atoms with Gasteiger partial charge in [-0.05, 0) is 25.0 Å². The number of aryl methyl sites for hydroxylation is 2.